The van der Waals surface area contributed by atoms with Crippen LogP contribution in [-0.2, 0) is 17.1 Å². The van der Waals surface area contributed by atoms with Gasteiger partial charge in [0.15, 0.2) is 0 Å². The summed E-state index contributed by atoms with van der Waals surface area (Å²) in [5, 5.41) is 11.7. The average molecular weight is 711 g/mol. The first-order valence-electron chi connectivity index (χ1n) is 13.6. The summed E-state index contributed by atoms with van der Waals surface area (Å²) in [6.07, 6.45) is -9.81. The van der Waals surface area contributed by atoms with E-state index in [4.69, 9.17) is 14.6 Å². The number of anilines is 2. The molecule has 0 radical (unpaired) electrons. The van der Waals surface area contributed by atoms with E-state index in [2.05, 4.69) is 10.6 Å². The number of halogens is 8. The summed E-state index contributed by atoms with van der Waals surface area (Å²) in [7, 11) is 1.29. The van der Waals surface area contributed by atoms with Crippen LogP contribution in [0.25, 0.3) is 21.2 Å². The number of ether oxygens (including phenoxy) is 1. The Morgan fingerprint density at radius 3 is 2.04 bits per heavy atom. The van der Waals surface area contributed by atoms with Gasteiger partial charge < -0.3 is 20.5 Å². The van der Waals surface area contributed by atoms with E-state index in [1.54, 1.807) is 19.1 Å². The number of alkyl halides is 6. The molecule has 0 saturated heterocycles. The Morgan fingerprint density at radius 2 is 1.43 bits per heavy atom. The summed E-state index contributed by atoms with van der Waals surface area (Å²) in [6, 6.07) is 13.2. The first-order valence-corrected chi connectivity index (χ1v) is 14.5. The minimum absolute atomic E-state index is 0.0378. The van der Waals surface area contributed by atoms with E-state index in [-0.39, 0.29) is 38.4 Å². The van der Waals surface area contributed by atoms with Crippen molar-refractivity contribution in [3.8, 4) is 16.9 Å². The lowest BCUT2D eigenvalue weighted by molar-refractivity contribution is -0.140. The Labute approximate surface area is 275 Å². The fourth-order valence-corrected chi connectivity index (χ4v) is 5.73. The molecule has 49 heavy (non-hydrogen) atoms. The van der Waals surface area contributed by atoms with Crippen LogP contribution in [0.5, 0.6) is 5.75 Å². The van der Waals surface area contributed by atoms with Crippen LogP contribution in [0.1, 0.15) is 36.7 Å². The van der Waals surface area contributed by atoms with Crippen LogP contribution in [0.3, 0.4) is 0 Å². The Kier molecular flexibility index (Phi) is 10.6. The Morgan fingerprint density at radius 1 is 0.796 bits per heavy atom. The Bertz CT molecular complexity index is 2060. The lowest BCUT2D eigenvalue weighted by Crippen LogP contribution is -2.18. The average Bonchev–Trinajstić information content (AvgIpc) is 3.40. The zero-order chi connectivity index (χ0) is 36.3. The number of thiophene rings is 1. The van der Waals surface area contributed by atoms with Crippen LogP contribution >= 0.6 is 11.3 Å². The number of hydrogen-bond donors (Lipinski definition) is 3. The molecule has 1 heterocycles. The van der Waals surface area contributed by atoms with Crippen molar-refractivity contribution >= 4 is 51.1 Å². The summed E-state index contributed by atoms with van der Waals surface area (Å²) < 4.78 is 113. The summed E-state index contributed by atoms with van der Waals surface area (Å²) in [5.41, 5.74) is -2.00. The van der Waals surface area contributed by atoms with E-state index < -0.39 is 52.6 Å². The second kappa shape index (κ2) is 14.3. The van der Waals surface area contributed by atoms with Crippen molar-refractivity contribution in [2.75, 3.05) is 17.7 Å². The van der Waals surface area contributed by atoms with Crippen molar-refractivity contribution in [2.45, 2.75) is 19.3 Å². The minimum Gasteiger partial charge on any atom is -0.496 e. The molecule has 0 atom stereocenters. The maximum atomic E-state index is 13.9. The van der Waals surface area contributed by atoms with E-state index >= 15 is 0 Å². The monoisotopic (exact) mass is 710 g/mol. The van der Waals surface area contributed by atoms with Crippen LogP contribution in [0.2, 0.25) is 0 Å². The van der Waals surface area contributed by atoms with Crippen LogP contribution < -0.4 is 15.4 Å². The molecule has 5 rings (SSSR count). The number of hydrogen-bond acceptors (Lipinski definition) is 5. The number of carboxylic acid groups (broad SMARTS) is 1. The van der Waals surface area contributed by atoms with Crippen molar-refractivity contribution < 1.29 is 59.4 Å². The van der Waals surface area contributed by atoms with Crippen molar-refractivity contribution in [1.29, 1.82) is 0 Å². The predicted octanol–water partition coefficient (Wildman–Crippen LogP) is 9.41. The standard InChI is InChI=1S/C32H20F8N2O3S.CH2O2/c1-15-11-16(3-8-23(15)33)17-4-10-25(45-2)21(12-17)29(43)42-27-20-7-5-18(31(35,36)37)13-26(20)46-28(27)30(44)41-19-6-9-24(34)22(14-19)32(38,39)40;2-1-3/h3-14H,1-2H3,(H,41,44)(H,42,43);1H,(H,2,3). The Balaban J connectivity index is 0.00000174. The van der Waals surface area contributed by atoms with Gasteiger partial charge in [-0.05, 0) is 78.2 Å². The van der Waals surface area contributed by atoms with Gasteiger partial charge in [0.1, 0.15) is 22.3 Å². The lowest BCUT2D eigenvalue weighted by atomic mass is 10.00. The third-order valence-electron chi connectivity index (χ3n) is 6.93. The molecule has 0 aliphatic carbocycles. The molecule has 256 valence electrons. The molecule has 0 unspecified atom stereocenters. The lowest BCUT2D eigenvalue weighted by Gasteiger charge is -2.14. The van der Waals surface area contributed by atoms with Crippen molar-refractivity contribution in [3.63, 3.8) is 0 Å². The molecule has 0 saturated carbocycles. The van der Waals surface area contributed by atoms with E-state index in [1.165, 1.54) is 31.4 Å². The number of nitrogens with one attached hydrogen (secondary N) is 2. The van der Waals surface area contributed by atoms with E-state index in [0.29, 0.717) is 40.2 Å². The molecule has 1 aromatic heterocycles. The number of rotatable bonds is 6. The van der Waals surface area contributed by atoms with Gasteiger partial charge >= 0.3 is 12.4 Å². The van der Waals surface area contributed by atoms with Gasteiger partial charge in [0.2, 0.25) is 0 Å². The summed E-state index contributed by atoms with van der Waals surface area (Å²) in [6.45, 7) is 1.31. The highest BCUT2D eigenvalue weighted by Gasteiger charge is 2.35. The predicted molar refractivity (Wildman–Crippen MR) is 166 cm³/mol. The SMILES string of the molecule is COc1ccc(-c2ccc(F)c(C)c2)cc1C(=O)Nc1c(C(=O)Nc2ccc(F)c(C(F)(F)F)c2)sc2cc(C(F)(F)F)ccc12.O=CO. The summed E-state index contributed by atoms with van der Waals surface area (Å²) in [5.74, 6) is -3.84. The first-order chi connectivity index (χ1) is 23.0. The molecule has 2 amide bonds. The van der Waals surface area contributed by atoms with Gasteiger partial charge in [0.05, 0.1) is 29.5 Å². The van der Waals surface area contributed by atoms with Crippen LogP contribution in [-0.4, -0.2) is 30.5 Å². The maximum Gasteiger partial charge on any atom is 0.419 e. The second-order valence-corrected chi connectivity index (χ2v) is 11.2. The minimum atomic E-state index is -5.07. The molecule has 16 heteroatoms. The molecule has 7 nitrogen and oxygen atoms in total. The third kappa shape index (κ3) is 8.14. The maximum absolute atomic E-state index is 13.9. The molecular weight excluding hydrogens is 688 g/mol. The highest BCUT2D eigenvalue weighted by molar-refractivity contribution is 7.21. The number of benzene rings is 4. The van der Waals surface area contributed by atoms with Crippen LogP contribution in [0.4, 0.5) is 46.5 Å². The van der Waals surface area contributed by atoms with E-state index in [9.17, 15) is 44.7 Å². The largest absolute Gasteiger partial charge is 0.496 e. The van der Waals surface area contributed by atoms with Gasteiger partial charge in [-0.1, -0.05) is 18.2 Å². The van der Waals surface area contributed by atoms with Gasteiger partial charge in [-0.2, -0.15) is 26.3 Å². The van der Waals surface area contributed by atoms with E-state index in [0.717, 1.165) is 24.3 Å². The fourth-order valence-electron chi connectivity index (χ4n) is 4.64. The topological polar surface area (TPSA) is 105 Å². The second-order valence-electron chi connectivity index (χ2n) is 10.1. The molecule has 0 aliphatic heterocycles. The number of methoxy groups -OCH3 is 1. The number of fused-ring (bicyclic) bond motifs is 1. The molecule has 0 fully saturated rings. The highest BCUT2D eigenvalue weighted by atomic mass is 32.1. The van der Waals surface area contributed by atoms with Gasteiger partial charge in [-0.15, -0.1) is 11.3 Å². The van der Waals surface area contributed by atoms with Crippen LogP contribution in [0.15, 0.2) is 72.8 Å². The fraction of sp³-hybridized carbons (Fsp3) is 0.121. The number of carbonyl (C=O) groups excluding carboxylic acids is 2. The molecule has 5 aromatic rings. The Hall–Kier alpha value is -5.51. The van der Waals surface area contributed by atoms with Crippen molar-refractivity contribution in [2.24, 2.45) is 0 Å². The molecule has 0 bridgehead atoms. The van der Waals surface area contributed by atoms with E-state index in [1.807, 2.05) is 0 Å². The number of amides is 2. The van der Waals surface area contributed by atoms with Gasteiger partial charge in [-0.25, -0.2) is 8.78 Å². The van der Waals surface area contributed by atoms with Crippen LogP contribution in [0, 0.1) is 18.6 Å². The first kappa shape index (κ1) is 36.3. The zero-order valence-electron chi connectivity index (χ0n) is 25.0. The zero-order valence-corrected chi connectivity index (χ0v) is 25.8. The highest BCUT2D eigenvalue weighted by Crippen LogP contribution is 2.41. The van der Waals surface area contributed by atoms with Gasteiger partial charge in [-0.3, -0.25) is 14.4 Å². The van der Waals surface area contributed by atoms with Gasteiger partial charge in [0.25, 0.3) is 18.3 Å². The summed E-state index contributed by atoms with van der Waals surface area (Å²) in [4.78, 5) is 35.1. The quantitative estimate of drug-likeness (QED) is 0.120. The molecule has 0 spiro atoms. The summed E-state index contributed by atoms with van der Waals surface area (Å²) >= 11 is 0.555. The normalized spacial score (nSPS) is 11.4. The smallest absolute Gasteiger partial charge is 0.419 e. The number of carbonyl (C=O) groups is 3. The molecule has 4 aromatic carbocycles. The van der Waals surface area contributed by atoms with Gasteiger partial charge in [0, 0.05) is 15.8 Å². The van der Waals surface area contributed by atoms with Crippen molar-refractivity contribution in [1.82, 2.24) is 0 Å². The molecule has 3 N–H and O–H groups in total. The number of aryl methyl sites for hydroxylation is 1. The molecular formula is C33H22F8N2O5S. The third-order valence-corrected chi connectivity index (χ3v) is 8.08. The van der Waals surface area contributed by atoms with Crippen molar-refractivity contribution in [3.05, 3.63) is 112 Å². The molecule has 0 aliphatic rings.